The Morgan fingerprint density at radius 2 is 2.06 bits per heavy atom. The fourth-order valence-electron chi connectivity index (χ4n) is 1.96. The van der Waals surface area contributed by atoms with Gasteiger partial charge in [-0.3, -0.25) is 0 Å². The molecule has 0 N–H and O–H groups in total. The first-order valence-electron chi connectivity index (χ1n) is 5.55. The Bertz CT molecular complexity index is 630. The first kappa shape index (κ1) is 13.2. The lowest BCUT2D eigenvalue weighted by molar-refractivity contribution is 0.408. The molecule has 0 fully saturated rings. The van der Waals surface area contributed by atoms with E-state index < -0.39 is 4.84 Å². The summed E-state index contributed by atoms with van der Waals surface area (Å²) in [6, 6.07) is 3.93. The maximum absolute atomic E-state index is 9.24. The lowest BCUT2D eigenvalue weighted by atomic mass is 10.1. The minimum atomic E-state index is -0.668. The average molecular weight is 282 g/mol. The van der Waals surface area contributed by atoms with Gasteiger partial charge < -0.3 is 4.57 Å². The SMILES string of the molecule is CC(C)(C)n1cc(C#N)c2c(C(Cl)Cl)ccnc21. The molecule has 2 rings (SSSR count). The Morgan fingerprint density at radius 1 is 1.39 bits per heavy atom. The molecule has 18 heavy (non-hydrogen) atoms. The number of alkyl halides is 2. The van der Waals surface area contributed by atoms with Crippen LogP contribution in [0.25, 0.3) is 11.0 Å². The van der Waals surface area contributed by atoms with Crippen molar-refractivity contribution in [1.29, 1.82) is 5.26 Å². The van der Waals surface area contributed by atoms with Crippen LogP contribution in [-0.2, 0) is 5.54 Å². The van der Waals surface area contributed by atoms with E-state index in [2.05, 4.69) is 31.8 Å². The summed E-state index contributed by atoms with van der Waals surface area (Å²) in [6.45, 7) is 6.17. The molecule has 0 saturated heterocycles. The summed E-state index contributed by atoms with van der Waals surface area (Å²) in [7, 11) is 0. The molecule has 5 heteroatoms. The highest BCUT2D eigenvalue weighted by Crippen LogP contribution is 2.35. The minimum Gasteiger partial charge on any atom is -0.326 e. The third kappa shape index (κ3) is 2.07. The van der Waals surface area contributed by atoms with Crippen molar-refractivity contribution in [3.8, 4) is 6.07 Å². The van der Waals surface area contributed by atoms with Gasteiger partial charge in [-0.25, -0.2) is 4.98 Å². The molecular formula is C13H13Cl2N3. The number of fused-ring (bicyclic) bond motifs is 1. The number of nitriles is 1. The van der Waals surface area contributed by atoms with Gasteiger partial charge in [0.25, 0.3) is 0 Å². The largest absolute Gasteiger partial charge is 0.326 e. The maximum atomic E-state index is 9.24. The number of hydrogen-bond acceptors (Lipinski definition) is 2. The predicted molar refractivity (Wildman–Crippen MR) is 73.9 cm³/mol. The van der Waals surface area contributed by atoms with Crippen molar-refractivity contribution in [3.63, 3.8) is 0 Å². The monoisotopic (exact) mass is 281 g/mol. The van der Waals surface area contributed by atoms with E-state index in [-0.39, 0.29) is 5.54 Å². The van der Waals surface area contributed by atoms with Crippen LogP contribution in [0.15, 0.2) is 18.5 Å². The smallest absolute Gasteiger partial charge is 0.142 e. The van der Waals surface area contributed by atoms with Crippen LogP contribution in [-0.4, -0.2) is 9.55 Å². The lowest BCUT2D eigenvalue weighted by Crippen LogP contribution is -2.20. The standard InChI is InChI=1S/C13H13Cl2N3/c1-13(2,3)18-7-8(6-16)10-9(11(14)15)4-5-17-12(10)18/h4-5,7,11H,1-3H3. The number of halogens is 2. The summed E-state index contributed by atoms with van der Waals surface area (Å²) >= 11 is 11.9. The van der Waals surface area contributed by atoms with Gasteiger partial charge in [-0.15, -0.1) is 23.2 Å². The molecule has 0 bridgehead atoms. The molecule has 0 atom stereocenters. The zero-order chi connectivity index (χ0) is 13.5. The van der Waals surface area contributed by atoms with Gasteiger partial charge >= 0.3 is 0 Å². The minimum absolute atomic E-state index is 0.160. The van der Waals surface area contributed by atoms with Gasteiger partial charge in [0.2, 0.25) is 0 Å². The van der Waals surface area contributed by atoms with Crippen molar-refractivity contribution in [2.45, 2.75) is 31.1 Å². The Hall–Kier alpha value is -1.24. The summed E-state index contributed by atoms with van der Waals surface area (Å²) < 4.78 is 1.97. The normalized spacial score (nSPS) is 12.1. The van der Waals surface area contributed by atoms with Gasteiger partial charge in [0.15, 0.2) is 0 Å². The van der Waals surface area contributed by atoms with Crippen molar-refractivity contribution in [1.82, 2.24) is 9.55 Å². The van der Waals surface area contributed by atoms with Crippen molar-refractivity contribution in [2.75, 3.05) is 0 Å². The highest BCUT2D eigenvalue weighted by molar-refractivity contribution is 6.44. The lowest BCUT2D eigenvalue weighted by Gasteiger charge is -2.21. The van der Waals surface area contributed by atoms with Crippen LogP contribution in [0.4, 0.5) is 0 Å². The zero-order valence-corrected chi connectivity index (χ0v) is 11.9. The van der Waals surface area contributed by atoms with E-state index in [0.717, 1.165) is 16.6 Å². The maximum Gasteiger partial charge on any atom is 0.142 e. The van der Waals surface area contributed by atoms with Crippen LogP contribution in [0.1, 0.15) is 36.7 Å². The zero-order valence-electron chi connectivity index (χ0n) is 10.4. The van der Waals surface area contributed by atoms with E-state index in [4.69, 9.17) is 23.2 Å². The molecular weight excluding hydrogens is 269 g/mol. The molecule has 0 amide bonds. The Morgan fingerprint density at radius 3 is 2.56 bits per heavy atom. The van der Waals surface area contributed by atoms with Gasteiger partial charge in [0.1, 0.15) is 16.6 Å². The Kier molecular flexibility index (Phi) is 3.27. The molecule has 0 radical (unpaired) electrons. The number of rotatable bonds is 1. The second kappa shape index (κ2) is 4.46. The first-order chi connectivity index (χ1) is 8.36. The molecule has 0 saturated carbocycles. The van der Waals surface area contributed by atoms with Gasteiger partial charge in [0, 0.05) is 23.3 Å². The van der Waals surface area contributed by atoms with Crippen LogP contribution in [0, 0.1) is 11.3 Å². The van der Waals surface area contributed by atoms with Crippen molar-refractivity contribution < 1.29 is 0 Å². The van der Waals surface area contributed by atoms with Gasteiger partial charge in [-0.1, -0.05) is 0 Å². The van der Waals surface area contributed by atoms with Crippen molar-refractivity contribution in [3.05, 3.63) is 29.6 Å². The van der Waals surface area contributed by atoms with E-state index in [1.54, 1.807) is 18.5 Å². The summed E-state index contributed by atoms with van der Waals surface area (Å²) in [6.07, 6.45) is 3.47. The van der Waals surface area contributed by atoms with E-state index in [1.807, 2.05) is 4.57 Å². The second-order valence-electron chi connectivity index (χ2n) is 5.09. The number of hydrogen-bond donors (Lipinski definition) is 0. The quantitative estimate of drug-likeness (QED) is 0.738. The van der Waals surface area contributed by atoms with Gasteiger partial charge in [-0.2, -0.15) is 5.26 Å². The summed E-state index contributed by atoms with van der Waals surface area (Å²) in [4.78, 5) is 3.69. The molecule has 0 spiro atoms. The third-order valence-electron chi connectivity index (χ3n) is 2.80. The van der Waals surface area contributed by atoms with Crippen molar-refractivity contribution >= 4 is 34.2 Å². The summed E-state index contributed by atoms with van der Waals surface area (Å²) in [5, 5.41) is 9.98. The summed E-state index contributed by atoms with van der Waals surface area (Å²) in [5.41, 5.74) is 1.85. The van der Waals surface area contributed by atoms with Crippen LogP contribution >= 0.6 is 23.2 Å². The molecule has 0 aliphatic heterocycles. The molecule has 2 aromatic rings. The van der Waals surface area contributed by atoms with Crippen LogP contribution in [0.2, 0.25) is 0 Å². The fourth-order valence-corrected chi connectivity index (χ4v) is 2.32. The molecule has 2 heterocycles. The molecule has 0 aliphatic rings. The van der Waals surface area contributed by atoms with Crippen LogP contribution in [0.3, 0.4) is 0 Å². The Balaban J connectivity index is 2.89. The highest BCUT2D eigenvalue weighted by Gasteiger charge is 2.22. The molecule has 0 unspecified atom stereocenters. The average Bonchev–Trinajstić information content (AvgIpc) is 2.66. The first-order valence-corrected chi connectivity index (χ1v) is 6.42. The molecule has 0 aliphatic carbocycles. The Labute approximate surface area is 116 Å². The van der Waals surface area contributed by atoms with E-state index >= 15 is 0 Å². The van der Waals surface area contributed by atoms with E-state index in [1.165, 1.54) is 0 Å². The van der Waals surface area contributed by atoms with E-state index in [0.29, 0.717) is 5.56 Å². The van der Waals surface area contributed by atoms with Crippen LogP contribution in [0.5, 0.6) is 0 Å². The summed E-state index contributed by atoms with van der Waals surface area (Å²) in [5.74, 6) is 0. The topological polar surface area (TPSA) is 41.6 Å². The molecule has 0 aromatic carbocycles. The number of pyridine rings is 1. The molecule has 2 aromatic heterocycles. The number of nitrogens with zero attached hydrogens (tertiary/aromatic N) is 3. The predicted octanol–water partition coefficient (Wildman–Crippen LogP) is 4.14. The van der Waals surface area contributed by atoms with Crippen molar-refractivity contribution in [2.24, 2.45) is 0 Å². The third-order valence-corrected chi connectivity index (χ3v) is 3.27. The molecule has 94 valence electrons. The second-order valence-corrected chi connectivity index (χ2v) is 6.19. The highest BCUT2D eigenvalue weighted by atomic mass is 35.5. The number of aromatic nitrogens is 2. The van der Waals surface area contributed by atoms with Gasteiger partial charge in [0.05, 0.1) is 5.56 Å². The molecule has 3 nitrogen and oxygen atoms in total. The van der Waals surface area contributed by atoms with Gasteiger partial charge in [-0.05, 0) is 32.4 Å². The fraction of sp³-hybridized carbons (Fsp3) is 0.385. The van der Waals surface area contributed by atoms with Crippen LogP contribution < -0.4 is 0 Å². The van der Waals surface area contributed by atoms with E-state index in [9.17, 15) is 5.26 Å².